The Labute approximate surface area is 271 Å². The summed E-state index contributed by atoms with van der Waals surface area (Å²) in [6, 6.07) is 20.2. The monoisotopic (exact) mass is 621 g/mol. The molecule has 0 aromatic heterocycles. The van der Waals surface area contributed by atoms with Crippen LogP contribution in [0.25, 0.3) is 0 Å². The largest absolute Gasteiger partial charge is 0.378 e. The molecule has 0 radical (unpaired) electrons. The van der Waals surface area contributed by atoms with Crippen molar-refractivity contribution in [2.24, 2.45) is 5.92 Å². The van der Waals surface area contributed by atoms with E-state index in [1.165, 1.54) is 106 Å². The molecule has 5 rings (SSSR count). The van der Waals surface area contributed by atoms with Crippen LogP contribution in [-0.2, 0) is 0 Å². The molecule has 1 saturated carbocycles. The highest BCUT2D eigenvalue weighted by molar-refractivity contribution is 7.97. The average Bonchev–Trinajstić information content (AvgIpc) is 3.01. The van der Waals surface area contributed by atoms with E-state index in [0.29, 0.717) is 5.92 Å². The van der Waals surface area contributed by atoms with Crippen molar-refractivity contribution >= 4 is 29.8 Å². The van der Waals surface area contributed by atoms with E-state index < -0.39 is 0 Å². The molecule has 7 heteroatoms. The van der Waals surface area contributed by atoms with Gasteiger partial charge in [-0.05, 0) is 111 Å². The molecule has 2 aliphatic heterocycles. The Bertz CT molecular complexity index is 1090. The molecule has 2 heterocycles. The number of hydrogen-bond acceptors (Lipinski definition) is 7. The second-order valence-electron chi connectivity index (χ2n) is 13.2. The first-order chi connectivity index (χ1) is 21.0. The minimum Gasteiger partial charge on any atom is -0.378 e. The minimum atomic E-state index is 0.634. The molecule has 1 atom stereocenters. The highest BCUT2D eigenvalue weighted by atomic mass is 32.2. The van der Waals surface area contributed by atoms with Crippen molar-refractivity contribution < 1.29 is 0 Å². The van der Waals surface area contributed by atoms with Gasteiger partial charge in [0.15, 0.2) is 0 Å². The first-order valence-corrected chi connectivity index (χ1v) is 18.3. The van der Waals surface area contributed by atoms with Gasteiger partial charge in [-0.1, -0.05) is 56.2 Å². The van der Waals surface area contributed by atoms with E-state index in [4.69, 9.17) is 0 Å². The molecule has 2 aromatic carbocycles. The van der Waals surface area contributed by atoms with Crippen LogP contribution in [0.15, 0.2) is 71.6 Å². The molecule has 1 aliphatic carbocycles. The van der Waals surface area contributed by atoms with E-state index in [1.54, 1.807) is 0 Å². The number of hydrogen-bond donors (Lipinski definition) is 0. The average molecular weight is 622 g/mol. The summed E-state index contributed by atoms with van der Waals surface area (Å²) in [5.41, 5.74) is 4.07. The molecule has 2 aromatic rings. The summed E-state index contributed by atoms with van der Waals surface area (Å²) in [5, 5.41) is 0. The number of rotatable bonds is 8. The van der Waals surface area contributed by atoms with Crippen LogP contribution in [0.2, 0.25) is 0 Å². The van der Waals surface area contributed by atoms with Crippen LogP contribution in [-0.4, -0.2) is 90.8 Å². The van der Waals surface area contributed by atoms with Crippen LogP contribution in [0.3, 0.4) is 0 Å². The quantitative estimate of drug-likeness (QED) is 0.216. The zero-order valence-electron chi connectivity index (χ0n) is 26.8. The molecule has 43 heavy (non-hydrogen) atoms. The smallest absolute Gasteiger partial charge is 0.0361 e. The van der Waals surface area contributed by atoms with Gasteiger partial charge in [-0.3, -0.25) is 0 Å². The lowest BCUT2D eigenvalue weighted by atomic mass is 9.89. The first-order valence-electron chi connectivity index (χ1n) is 16.8. The number of nitrogens with zero attached hydrogens (tertiary/aromatic N) is 5. The summed E-state index contributed by atoms with van der Waals surface area (Å²) >= 11 is 3.91. The van der Waals surface area contributed by atoms with Gasteiger partial charge in [0.2, 0.25) is 0 Å². The number of benzene rings is 2. The van der Waals surface area contributed by atoms with Crippen LogP contribution >= 0.6 is 24.1 Å². The Morgan fingerprint density at radius 1 is 0.721 bits per heavy atom. The number of anilines is 1. The molecule has 0 bridgehead atoms. The third-order valence-corrected chi connectivity index (χ3v) is 11.4. The fourth-order valence-electron chi connectivity index (χ4n) is 6.96. The van der Waals surface area contributed by atoms with Crippen molar-refractivity contribution in [3.05, 3.63) is 72.3 Å². The highest BCUT2D eigenvalue weighted by Crippen LogP contribution is 2.33. The van der Waals surface area contributed by atoms with Gasteiger partial charge < -0.3 is 9.80 Å². The standard InChI is InChI=1S/C36H55N5S2/c1-31-27-39(42-36-20-18-35(19-21-36)37(2)3)25-11-22-38(29-32-13-6-4-7-14-32)23-12-26-40(28-31)43-41-24-10-17-34(30-41)33-15-8-5-9-16-33/h5,8-9,15-16,18-21,32,34H,1,4,6-7,10-14,17,22-30H2,2-3H3. The molecule has 2 saturated heterocycles. The molecular weight excluding hydrogens is 567 g/mol. The van der Waals surface area contributed by atoms with E-state index >= 15 is 0 Å². The molecule has 0 N–H and O–H groups in total. The van der Waals surface area contributed by atoms with Gasteiger partial charge in [0.05, 0.1) is 0 Å². The summed E-state index contributed by atoms with van der Waals surface area (Å²) in [6.45, 7) is 14.8. The zero-order chi connectivity index (χ0) is 29.9. The molecule has 3 aliphatic rings. The molecule has 3 fully saturated rings. The fourth-order valence-corrected chi connectivity index (χ4v) is 9.21. The van der Waals surface area contributed by atoms with Gasteiger partial charge in [0.1, 0.15) is 0 Å². The first kappa shape index (κ1) is 32.9. The van der Waals surface area contributed by atoms with E-state index in [0.717, 1.165) is 38.6 Å². The predicted molar refractivity (Wildman–Crippen MR) is 189 cm³/mol. The van der Waals surface area contributed by atoms with Crippen molar-refractivity contribution in [1.82, 2.24) is 17.8 Å². The Morgan fingerprint density at radius 2 is 1.40 bits per heavy atom. The summed E-state index contributed by atoms with van der Waals surface area (Å²) < 4.78 is 7.84. The molecule has 5 nitrogen and oxygen atoms in total. The van der Waals surface area contributed by atoms with Crippen LogP contribution in [0.4, 0.5) is 5.69 Å². The Kier molecular flexibility index (Phi) is 13.2. The second kappa shape index (κ2) is 17.3. The molecule has 236 valence electrons. The van der Waals surface area contributed by atoms with Gasteiger partial charge in [-0.2, -0.15) is 0 Å². The van der Waals surface area contributed by atoms with Crippen molar-refractivity contribution in [3.63, 3.8) is 0 Å². The maximum atomic E-state index is 4.62. The third kappa shape index (κ3) is 10.8. The van der Waals surface area contributed by atoms with Crippen LogP contribution in [0.1, 0.15) is 69.3 Å². The molecule has 1 unspecified atom stereocenters. The minimum absolute atomic E-state index is 0.634. The Morgan fingerprint density at radius 3 is 2.12 bits per heavy atom. The zero-order valence-corrected chi connectivity index (χ0v) is 28.5. The topological polar surface area (TPSA) is 16.2 Å². The normalized spacial score (nSPS) is 23.5. The van der Waals surface area contributed by atoms with Crippen LogP contribution < -0.4 is 4.90 Å². The maximum Gasteiger partial charge on any atom is 0.0361 e. The van der Waals surface area contributed by atoms with E-state index in [9.17, 15) is 0 Å². The van der Waals surface area contributed by atoms with E-state index in [-0.39, 0.29) is 0 Å². The van der Waals surface area contributed by atoms with Gasteiger partial charge in [0.25, 0.3) is 0 Å². The lowest BCUT2D eigenvalue weighted by molar-refractivity contribution is 0.189. The molecule has 0 spiro atoms. The van der Waals surface area contributed by atoms with Gasteiger partial charge in [0, 0.05) is 82.6 Å². The van der Waals surface area contributed by atoms with E-state index in [1.807, 2.05) is 24.1 Å². The molecule has 0 amide bonds. The predicted octanol–water partition coefficient (Wildman–Crippen LogP) is 8.04. The Hall–Kier alpha value is -1.48. The summed E-state index contributed by atoms with van der Waals surface area (Å²) in [4.78, 5) is 6.30. The van der Waals surface area contributed by atoms with Gasteiger partial charge in [-0.15, -0.1) is 0 Å². The van der Waals surface area contributed by atoms with Crippen LogP contribution in [0.5, 0.6) is 0 Å². The lowest BCUT2D eigenvalue weighted by Crippen LogP contribution is -2.38. The lowest BCUT2D eigenvalue weighted by Gasteiger charge is -2.36. The van der Waals surface area contributed by atoms with Crippen molar-refractivity contribution in [3.8, 4) is 0 Å². The van der Waals surface area contributed by atoms with E-state index in [2.05, 4.69) is 98.0 Å². The van der Waals surface area contributed by atoms with Gasteiger partial charge in [-0.25, -0.2) is 12.9 Å². The Balaban J connectivity index is 1.24. The van der Waals surface area contributed by atoms with Crippen molar-refractivity contribution in [2.45, 2.75) is 68.6 Å². The SMILES string of the molecule is C=C1CN(Sc2ccc(N(C)C)cc2)CCCN(CC2CCCCC2)CCCN(SN2CCCC(c3ccccc3)C2)C1. The number of piperidine rings is 1. The third-order valence-electron chi connectivity index (χ3n) is 9.28. The fraction of sp³-hybridized carbons (Fsp3) is 0.611. The second-order valence-corrected chi connectivity index (χ2v) is 15.6. The highest BCUT2D eigenvalue weighted by Gasteiger charge is 2.25. The van der Waals surface area contributed by atoms with Crippen LogP contribution in [0, 0.1) is 5.92 Å². The summed E-state index contributed by atoms with van der Waals surface area (Å²) in [6.07, 6.45) is 12.2. The maximum absolute atomic E-state index is 4.62. The van der Waals surface area contributed by atoms with Crippen molar-refractivity contribution in [1.29, 1.82) is 0 Å². The molecular formula is C36H55N5S2. The van der Waals surface area contributed by atoms with Crippen molar-refractivity contribution in [2.75, 3.05) is 77.9 Å². The summed E-state index contributed by atoms with van der Waals surface area (Å²) in [7, 11) is 4.22. The summed E-state index contributed by atoms with van der Waals surface area (Å²) in [5.74, 6) is 1.53. The van der Waals surface area contributed by atoms with Gasteiger partial charge >= 0.3 is 0 Å².